The van der Waals surface area contributed by atoms with E-state index < -0.39 is 5.82 Å². The molecule has 0 spiro atoms. The van der Waals surface area contributed by atoms with Crippen molar-refractivity contribution in [2.75, 3.05) is 5.73 Å². The Morgan fingerprint density at radius 1 is 1.05 bits per heavy atom. The maximum Gasteiger partial charge on any atom is 0.168 e. The Balaban J connectivity index is 2.32. The number of fused-ring (bicyclic) bond motifs is 1. The van der Waals surface area contributed by atoms with Gasteiger partial charge in [0.05, 0.1) is 10.7 Å². The standard InChI is InChI=1S/C15H10ClFN2/c16-11-7-6-10-12(18)8-13(19-15(10)14(11)17)9-4-2-1-3-5-9/h1-8H,(H2,18,19). The van der Waals surface area contributed by atoms with E-state index in [1.54, 1.807) is 12.1 Å². The molecule has 0 fully saturated rings. The van der Waals surface area contributed by atoms with Crippen LogP contribution in [0.1, 0.15) is 0 Å². The Bertz CT molecular complexity index is 757. The van der Waals surface area contributed by atoms with Crippen LogP contribution in [0.5, 0.6) is 0 Å². The molecule has 2 nitrogen and oxygen atoms in total. The summed E-state index contributed by atoms with van der Waals surface area (Å²) in [5.74, 6) is -0.538. The number of anilines is 1. The largest absolute Gasteiger partial charge is 0.398 e. The Morgan fingerprint density at radius 3 is 2.53 bits per heavy atom. The van der Waals surface area contributed by atoms with Gasteiger partial charge in [-0.3, -0.25) is 0 Å². The van der Waals surface area contributed by atoms with Gasteiger partial charge < -0.3 is 5.73 Å². The summed E-state index contributed by atoms with van der Waals surface area (Å²) in [6, 6.07) is 14.4. The number of benzene rings is 2. The molecule has 0 radical (unpaired) electrons. The van der Waals surface area contributed by atoms with Gasteiger partial charge in [0.1, 0.15) is 5.52 Å². The highest BCUT2D eigenvalue weighted by Gasteiger charge is 2.11. The van der Waals surface area contributed by atoms with Gasteiger partial charge in [-0.05, 0) is 18.2 Å². The van der Waals surface area contributed by atoms with Gasteiger partial charge in [0, 0.05) is 16.6 Å². The lowest BCUT2D eigenvalue weighted by Crippen LogP contribution is -1.95. The number of rotatable bonds is 1. The zero-order valence-electron chi connectivity index (χ0n) is 9.90. The molecular formula is C15H10ClFN2. The molecule has 0 atom stereocenters. The van der Waals surface area contributed by atoms with Gasteiger partial charge in [0.15, 0.2) is 5.82 Å². The molecule has 3 rings (SSSR count). The first kappa shape index (κ1) is 11.9. The molecule has 0 unspecified atom stereocenters. The molecule has 0 saturated heterocycles. The number of pyridine rings is 1. The van der Waals surface area contributed by atoms with Crippen molar-refractivity contribution < 1.29 is 4.39 Å². The number of hydrogen-bond acceptors (Lipinski definition) is 2. The number of halogens is 2. The van der Waals surface area contributed by atoms with Crippen molar-refractivity contribution in [2.45, 2.75) is 0 Å². The molecule has 0 aliphatic heterocycles. The van der Waals surface area contributed by atoms with Crippen LogP contribution >= 0.6 is 11.6 Å². The lowest BCUT2D eigenvalue weighted by molar-refractivity contribution is 0.637. The SMILES string of the molecule is Nc1cc(-c2ccccc2)nc2c(F)c(Cl)ccc12. The van der Waals surface area contributed by atoms with Crippen LogP contribution in [0, 0.1) is 5.82 Å². The minimum Gasteiger partial charge on any atom is -0.398 e. The summed E-state index contributed by atoms with van der Waals surface area (Å²) < 4.78 is 14.0. The van der Waals surface area contributed by atoms with Gasteiger partial charge in [0.25, 0.3) is 0 Å². The average molecular weight is 273 g/mol. The Labute approximate surface area is 114 Å². The first-order valence-electron chi connectivity index (χ1n) is 5.76. The highest BCUT2D eigenvalue weighted by molar-refractivity contribution is 6.31. The van der Waals surface area contributed by atoms with Gasteiger partial charge in [-0.25, -0.2) is 9.37 Å². The van der Waals surface area contributed by atoms with Crippen LogP contribution in [0.3, 0.4) is 0 Å². The van der Waals surface area contributed by atoms with E-state index in [4.69, 9.17) is 17.3 Å². The quantitative estimate of drug-likeness (QED) is 0.718. The summed E-state index contributed by atoms with van der Waals surface area (Å²) in [5, 5.41) is 0.617. The fourth-order valence-corrected chi connectivity index (χ4v) is 2.17. The Hall–Kier alpha value is -2.13. The third kappa shape index (κ3) is 2.02. The minimum atomic E-state index is -0.538. The van der Waals surface area contributed by atoms with Crippen LogP contribution in [0.15, 0.2) is 48.5 Å². The Morgan fingerprint density at radius 2 is 1.79 bits per heavy atom. The average Bonchev–Trinajstić information content (AvgIpc) is 2.44. The molecule has 0 saturated carbocycles. The van der Waals surface area contributed by atoms with E-state index in [9.17, 15) is 4.39 Å². The second-order valence-corrected chi connectivity index (χ2v) is 4.63. The van der Waals surface area contributed by atoms with Crippen molar-refractivity contribution in [3.05, 3.63) is 59.4 Å². The minimum absolute atomic E-state index is 0.0459. The van der Waals surface area contributed by atoms with Gasteiger partial charge >= 0.3 is 0 Å². The normalized spacial score (nSPS) is 10.8. The highest BCUT2D eigenvalue weighted by Crippen LogP contribution is 2.30. The van der Waals surface area contributed by atoms with Gasteiger partial charge in [0.2, 0.25) is 0 Å². The van der Waals surface area contributed by atoms with Crippen LogP contribution in [0.2, 0.25) is 5.02 Å². The van der Waals surface area contributed by atoms with E-state index in [1.165, 1.54) is 6.07 Å². The molecular weight excluding hydrogens is 263 g/mol. The van der Waals surface area contributed by atoms with Crippen molar-refractivity contribution >= 4 is 28.2 Å². The second kappa shape index (κ2) is 4.52. The number of aromatic nitrogens is 1. The first-order chi connectivity index (χ1) is 9.16. The zero-order valence-corrected chi connectivity index (χ0v) is 10.7. The zero-order chi connectivity index (χ0) is 13.4. The fourth-order valence-electron chi connectivity index (χ4n) is 2.02. The maximum absolute atomic E-state index is 14.0. The smallest absolute Gasteiger partial charge is 0.168 e. The molecule has 2 N–H and O–H groups in total. The van der Waals surface area contributed by atoms with Crippen molar-refractivity contribution in [1.29, 1.82) is 0 Å². The summed E-state index contributed by atoms with van der Waals surface area (Å²) >= 11 is 5.78. The van der Waals surface area contributed by atoms with E-state index in [1.807, 2.05) is 30.3 Å². The van der Waals surface area contributed by atoms with Gasteiger partial charge in [-0.1, -0.05) is 41.9 Å². The van der Waals surface area contributed by atoms with E-state index >= 15 is 0 Å². The summed E-state index contributed by atoms with van der Waals surface area (Å²) in [6.07, 6.45) is 0. The van der Waals surface area contributed by atoms with Gasteiger partial charge in [-0.2, -0.15) is 0 Å². The van der Waals surface area contributed by atoms with Crippen molar-refractivity contribution in [1.82, 2.24) is 4.98 Å². The van der Waals surface area contributed by atoms with E-state index in [-0.39, 0.29) is 10.5 Å². The molecule has 1 heterocycles. The highest BCUT2D eigenvalue weighted by atomic mass is 35.5. The van der Waals surface area contributed by atoms with Crippen LogP contribution in [-0.4, -0.2) is 4.98 Å². The molecule has 0 aliphatic carbocycles. The summed E-state index contributed by atoms with van der Waals surface area (Å²) in [5.41, 5.74) is 8.17. The lowest BCUT2D eigenvalue weighted by Gasteiger charge is -2.08. The molecule has 0 bridgehead atoms. The molecule has 0 amide bonds. The summed E-state index contributed by atoms with van der Waals surface area (Å²) in [6.45, 7) is 0. The number of hydrogen-bond donors (Lipinski definition) is 1. The molecule has 19 heavy (non-hydrogen) atoms. The van der Waals surface area contributed by atoms with Crippen molar-refractivity contribution in [2.24, 2.45) is 0 Å². The number of nitrogens with zero attached hydrogens (tertiary/aromatic N) is 1. The summed E-state index contributed by atoms with van der Waals surface area (Å²) in [7, 11) is 0. The monoisotopic (exact) mass is 272 g/mol. The molecule has 3 aromatic rings. The second-order valence-electron chi connectivity index (χ2n) is 4.22. The van der Waals surface area contributed by atoms with Crippen molar-refractivity contribution in [3.63, 3.8) is 0 Å². The van der Waals surface area contributed by atoms with E-state index in [0.29, 0.717) is 16.8 Å². The Kier molecular flexibility index (Phi) is 2.84. The maximum atomic E-state index is 14.0. The van der Waals surface area contributed by atoms with Crippen molar-refractivity contribution in [3.8, 4) is 11.3 Å². The number of nitrogens with two attached hydrogens (primary N) is 1. The molecule has 2 aromatic carbocycles. The molecule has 0 aliphatic rings. The van der Waals surface area contributed by atoms with Crippen LogP contribution in [0.4, 0.5) is 10.1 Å². The molecule has 94 valence electrons. The topological polar surface area (TPSA) is 38.9 Å². The summed E-state index contributed by atoms with van der Waals surface area (Å²) in [4.78, 5) is 4.33. The van der Waals surface area contributed by atoms with Crippen LogP contribution < -0.4 is 5.73 Å². The fraction of sp³-hybridized carbons (Fsp3) is 0. The predicted octanol–water partition coefficient (Wildman–Crippen LogP) is 4.28. The van der Waals surface area contributed by atoms with Gasteiger partial charge in [-0.15, -0.1) is 0 Å². The third-order valence-electron chi connectivity index (χ3n) is 2.97. The predicted molar refractivity (Wildman–Crippen MR) is 76.6 cm³/mol. The van der Waals surface area contributed by atoms with Crippen LogP contribution in [-0.2, 0) is 0 Å². The molecule has 4 heteroatoms. The lowest BCUT2D eigenvalue weighted by atomic mass is 10.1. The van der Waals surface area contributed by atoms with Crippen LogP contribution in [0.25, 0.3) is 22.2 Å². The third-order valence-corrected chi connectivity index (χ3v) is 3.27. The van der Waals surface area contributed by atoms with E-state index in [2.05, 4.69) is 4.98 Å². The molecule has 1 aromatic heterocycles. The first-order valence-corrected chi connectivity index (χ1v) is 6.14. The van der Waals surface area contributed by atoms with E-state index in [0.717, 1.165) is 5.56 Å². The number of nitrogen functional groups attached to an aromatic ring is 1.